The minimum Gasteiger partial charge on any atom is -0.321 e. The van der Waals surface area contributed by atoms with E-state index in [-0.39, 0.29) is 16.8 Å². The highest BCUT2D eigenvalue weighted by atomic mass is 79.9. The lowest BCUT2D eigenvalue weighted by atomic mass is 10.1. The normalized spacial score (nSPS) is 11.4. The van der Waals surface area contributed by atoms with Crippen molar-refractivity contribution in [3.63, 3.8) is 0 Å². The van der Waals surface area contributed by atoms with E-state index in [1.54, 1.807) is 54.5 Å². The van der Waals surface area contributed by atoms with Crippen molar-refractivity contribution in [2.24, 2.45) is 5.10 Å². The highest BCUT2D eigenvalue weighted by Crippen LogP contribution is 2.35. The summed E-state index contributed by atoms with van der Waals surface area (Å²) in [5.74, 6) is -0.454. The van der Waals surface area contributed by atoms with Gasteiger partial charge < -0.3 is 5.32 Å². The summed E-state index contributed by atoms with van der Waals surface area (Å²) in [7, 11) is 0. The maximum atomic E-state index is 13.1. The van der Waals surface area contributed by atoms with Crippen molar-refractivity contribution in [2.45, 2.75) is 16.8 Å². The van der Waals surface area contributed by atoms with Gasteiger partial charge in [-0.15, -0.1) is 11.8 Å². The molecule has 1 aromatic heterocycles. The smallest absolute Gasteiger partial charge is 0.321 e. The minimum atomic E-state index is -4.63. The molecule has 6 nitrogen and oxygen atoms in total. The summed E-state index contributed by atoms with van der Waals surface area (Å²) in [6.07, 6.45) is -0.142. The molecule has 204 valence electrons. The number of carbonyl (C=O) groups excluding carboxylic acids is 2. The van der Waals surface area contributed by atoms with Crippen LogP contribution >= 0.6 is 39.3 Å². The van der Waals surface area contributed by atoms with Crippen molar-refractivity contribution in [3.8, 4) is 0 Å². The number of nitrogens with one attached hydrogen (secondary N) is 2. The number of alkyl halides is 3. The Bertz CT molecular complexity index is 1570. The number of pyridine rings is 1. The van der Waals surface area contributed by atoms with Gasteiger partial charge in [0.15, 0.2) is 0 Å². The SMILES string of the molecule is O=C(Nc1ccc(Br)cc1C(=O)N/N=C/c1ccc(Cl)c(C(F)(F)F)c1)c1cccc(CSc2ccncc2)c1. The second-order valence-corrected chi connectivity index (χ2v) is 10.6. The fraction of sp³-hybridized carbons (Fsp3) is 0.0714. The molecule has 0 aliphatic rings. The van der Waals surface area contributed by atoms with Gasteiger partial charge in [-0.25, -0.2) is 5.43 Å². The number of aromatic nitrogens is 1. The third-order valence-electron chi connectivity index (χ3n) is 5.39. The van der Waals surface area contributed by atoms with Crippen molar-refractivity contribution in [2.75, 3.05) is 5.32 Å². The van der Waals surface area contributed by atoms with E-state index in [0.29, 0.717) is 15.8 Å². The molecule has 0 spiro atoms. The monoisotopic (exact) mass is 646 g/mol. The number of rotatable bonds is 8. The van der Waals surface area contributed by atoms with Crippen LogP contribution in [0.3, 0.4) is 0 Å². The van der Waals surface area contributed by atoms with Gasteiger partial charge in [0.05, 0.1) is 28.1 Å². The van der Waals surface area contributed by atoms with Crippen LogP contribution in [0.15, 0.2) is 99.7 Å². The standard InChI is InChI=1S/C28H19BrClF3N4O2S/c29-20-5-7-25(36-26(38)19-3-1-2-18(12-19)16-40-21-8-10-34-11-9-21)22(14-20)27(39)37-35-15-17-4-6-24(30)23(13-17)28(31,32)33/h1-15H,16H2,(H,36,38)(H,37,39)/b35-15+. The minimum absolute atomic E-state index is 0.0850. The maximum Gasteiger partial charge on any atom is 0.417 e. The zero-order chi connectivity index (χ0) is 28.7. The van der Waals surface area contributed by atoms with Gasteiger partial charge in [0.2, 0.25) is 0 Å². The number of amides is 2. The first-order chi connectivity index (χ1) is 19.1. The van der Waals surface area contributed by atoms with E-state index >= 15 is 0 Å². The molecule has 1 heterocycles. The van der Waals surface area contributed by atoms with Crippen LogP contribution in [0.2, 0.25) is 5.02 Å². The average molecular weight is 648 g/mol. The summed E-state index contributed by atoms with van der Waals surface area (Å²) < 4.78 is 39.9. The number of hydrazone groups is 1. The molecule has 40 heavy (non-hydrogen) atoms. The molecular weight excluding hydrogens is 629 g/mol. The number of anilines is 1. The van der Waals surface area contributed by atoms with Crippen LogP contribution < -0.4 is 10.7 Å². The summed E-state index contributed by atoms with van der Waals surface area (Å²) in [6.45, 7) is 0. The van der Waals surface area contributed by atoms with Crippen molar-refractivity contribution < 1.29 is 22.8 Å². The Morgan fingerprint density at radius 1 is 1.00 bits per heavy atom. The Labute approximate surface area is 245 Å². The van der Waals surface area contributed by atoms with E-state index in [2.05, 4.69) is 36.8 Å². The number of halogens is 5. The molecule has 0 fully saturated rings. The Morgan fingerprint density at radius 2 is 1.77 bits per heavy atom. The van der Waals surface area contributed by atoms with Crippen molar-refractivity contribution in [3.05, 3.63) is 123 Å². The molecule has 12 heteroatoms. The summed E-state index contributed by atoms with van der Waals surface area (Å²) in [6, 6.07) is 18.9. The molecule has 0 bridgehead atoms. The van der Waals surface area contributed by atoms with Crippen molar-refractivity contribution in [1.82, 2.24) is 10.4 Å². The molecular formula is C28H19BrClF3N4O2S. The van der Waals surface area contributed by atoms with Gasteiger partial charge in [0.1, 0.15) is 0 Å². The molecule has 0 saturated carbocycles. The molecule has 4 rings (SSSR count). The fourth-order valence-corrected chi connectivity index (χ4v) is 4.89. The van der Waals surface area contributed by atoms with Crippen LogP contribution in [0.5, 0.6) is 0 Å². The first kappa shape index (κ1) is 29.3. The Morgan fingerprint density at radius 3 is 2.52 bits per heavy atom. The third-order valence-corrected chi connectivity index (χ3v) is 7.30. The van der Waals surface area contributed by atoms with E-state index < -0.39 is 28.6 Å². The van der Waals surface area contributed by atoms with E-state index in [0.717, 1.165) is 28.8 Å². The molecule has 0 aliphatic carbocycles. The van der Waals surface area contributed by atoms with Gasteiger partial charge in [-0.2, -0.15) is 18.3 Å². The van der Waals surface area contributed by atoms with Gasteiger partial charge in [0, 0.05) is 33.1 Å². The zero-order valence-corrected chi connectivity index (χ0v) is 23.5. The highest BCUT2D eigenvalue weighted by Gasteiger charge is 2.33. The van der Waals surface area contributed by atoms with Crippen LogP contribution in [0.25, 0.3) is 0 Å². The van der Waals surface area contributed by atoms with E-state index in [9.17, 15) is 22.8 Å². The van der Waals surface area contributed by atoms with Gasteiger partial charge in [0.25, 0.3) is 11.8 Å². The van der Waals surface area contributed by atoms with Crippen molar-refractivity contribution in [1.29, 1.82) is 0 Å². The predicted octanol–water partition coefficient (Wildman–Crippen LogP) is 7.82. The molecule has 0 saturated heterocycles. The molecule has 3 aromatic carbocycles. The second-order valence-electron chi connectivity index (χ2n) is 8.25. The molecule has 2 amide bonds. The van der Waals surface area contributed by atoms with Crippen LogP contribution in [0, 0.1) is 0 Å². The fourth-order valence-electron chi connectivity index (χ4n) is 3.48. The lowest BCUT2D eigenvalue weighted by Crippen LogP contribution is -2.21. The lowest BCUT2D eigenvalue weighted by molar-refractivity contribution is -0.137. The number of hydrogen-bond donors (Lipinski definition) is 2. The Hall–Kier alpha value is -3.67. The predicted molar refractivity (Wildman–Crippen MR) is 154 cm³/mol. The number of carbonyl (C=O) groups is 2. The van der Waals surface area contributed by atoms with Crippen LogP contribution in [-0.4, -0.2) is 23.0 Å². The molecule has 0 radical (unpaired) electrons. The first-order valence-electron chi connectivity index (χ1n) is 11.5. The summed E-state index contributed by atoms with van der Waals surface area (Å²) in [4.78, 5) is 31.0. The van der Waals surface area contributed by atoms with Crippen LogP contribution in [-0.2, 0) is 11.9 Å². The van der Waals surface area contributed by atoms with E-state index in [1.807, 2.05) is 18.2 Å². The maximum absolute atomic E-state index is 13.1. The summed E-state index contributed by atoms with van der Waals surface area (Å²) in [5.41, 5.74) is 3.02. The number of nitrogens with zero attached hydrogens (tertiary/aromatic N) is 2. The van der Waals surface area contributed by atoms with Crippen LogP contribution in [0.1, 0.15) is 37.4 Å². The molecule has 2 N–H and O–H groups in total. The highest BCUT2D eigenvalue weighted by molar-refractivity contribution is 9.10. The summed E-state index contributed by atoms with van der Waals surface area (Å²) >= 11 is 10.5. The quantitative estimate of drug-likeness (QED) is 0.116. The van der Waals surface area contributed by atoms with Crippen LogP contribution in [0.4, 0.5) is 18.9 Å². The molecule has 0 atom stereocenters. The molecule has 0 aliphatic heterocycles. The zero-order valence-electron chi connectivity index (χ0n) is 20.4. The number of hydrogen-bond acceptors (Lipinski definition) is 5. The largest absolute Gasteiger partial charge is 0.417 e. The lowest BCUT2D eigenvalue weighted by Gasteiger charge is -2.12. The Kier molecular flexibility index (Phi) is 9.62. The Balaban J connectivity index is 1.45. The third kappa shape index (κ3) is 7.93. The second kappa shape index (κ2) is 13.1. The van der Waals surface area contributed by atoms with Gasteiger partial charge >= 0.3 is 6.18 Å². The summed E-state index contributed by atoms with van der Waals surface area (Å²) in [5, 5.41) is 6.07. The van der Waals surface area contributed by atoms with E-state index in [4.69, 9.17) is 11.6 Å². The number of thioether (sulfide) groups is 1. The molecule has 0 unspecified atom stereocenters. The average Bonchev–Trinajstić information content (AvgIpc) is 2.93. The van der Waals surface area contributed by atoms with Crippen molar-refractivity contribution >= 4 is 63.0 Å². The molecule has 4 aromatic rings. The van der Waals surface area contributed by atoms with Gasteiger partial charge in [-0.1, -0.05) is 45.7 Å². The topological polar surface area (TPSA) is 83.5 Å². The van der Waals surface area contributed by atoms with E-state index in [1.165, 1.54) is 12.1 Å². The number of benzene rings is 3. The first-order valence-corrected chi connectivity index (χ1v) is 13.7. The van der Waals surface area contributed by atoms with Gasteiger partial charge in [-0.3, -0.25) is 14.6 Å². The van der Waals surface area contributed by atoms with Gasteiger partial charge in [-0.05, 0) is 65.7 Å².